The molecule has 1 aromatic heterocycles. The number of nitrogens with zero attached hydrogens (tertiary/aromatic N) is 1. The van der Waals surface area contributed by atoms with E-state index in [-0.39, 0.29) is 27.8 Å². The number of aldehydes is 1. The van der Waals surface area contributed by atoms with Gasteiger partial charge in [0, 0.05) is 11.8 Å². The number of rotatable bonds is 5. The molecule has 32 heavy (non-hydrogen) atoms. The van der Waals surface area contributed by atoms with Crippen LogP contribution in [0.25, 0.3) is 0 Å². The Morgan fingerprint density at radius 1 is 1.50 bits per heavy atom. The van der Waals surface area contributed by atoms with Gasteiger partial charge in [0.05, 0.1) is 14.9 Å². The minimum absolute atomic E-state index is 0.116. The van der Waals surface area contributed by atoms with Crippen molar-refractivity contribution in [3.8, 4) is 5.75 Å². The molecule has 0 spiro atoms. The fraction of sp³-hybridized carbons (Fsp3) is 0.353. The molecule has 5 atom stereocenters. The van der Waals surface area contributed by atoms with Gasteiger partial charge in [0.1, 0.15) is 35.0 Å². The van der Waals surface area contributed by atoms with Crippen molar-refractivity contribution >= 4 is 26.3 Å². The van der Waals surface area contributed by atoms with Gasteiger partial charge in [-0.15, -0.1) is 0 Å². The molecule has 2 aromatic rings. The highest BCUT2D eigenvalue weighted by Crippen LogP contribution is 2.55. The van der Waals surface area contributed by atoms with Crippen LogP contribution in [0.5, 0.6) is 5.75 Å². The van der Waals surface area contributed by atoms with Gasteiger partial charge in [0.2, 0.25) is 0 Å². The molecular weight excluding hydrogens is 477 g/mol. The lowest BCUT2D eigenvalue weighted by atomic mass is 10.1. The fourth-order valence-corrected chi connectivity index (χ4v) is 4.26. The van der Waals surface area contributed by atoms with Gasteiger partial charge in [-0.2, -0.15) is 0 Å². The van der Waals surface area contributed by atoms with Crippen molar-refractivity contribution in [1.29, 1.82) is 0 Å². The van der Waals surface area contributed by atoms with Crippen LogP contribution < -0.4 is 10.2 Å². The van der Waals surface area contributed by atoms with Gasteiger partial charge in [0.15, 0.2) is 12.5 Å². The third kappa shape index (κ3) is 4.06. The Morgan fingerprint density at radius 3 is 2.97 bits per heavy atom. The molecule has 0 saturated carbocycles. The highest BCUT2D eigenvalue weighted by molar-refractivity contribution is 7.71. The molecule has 2 aliphatic rings. The van der Waals surface area contributed by atoms with Gasteiger partial charge >= 0.3 is 13.5 Å². The summed E-state index contributed by atoms with van der Waals surface area (Å²) >= 11 is 4.78. The van der Waals surface area contributed by atoms with Gasteiger partial charge in [-0.25, -0.2) is 18.1 Å². The van der Waals surface area contributed by atoms with E-state index in [0.29, 0.717) is 4.57 Å². The second-order valence-electron chi connectivity index (χ2n) is 6.72. The van der Waals surface area contributed by atoms with E-state index in [1.165, 1.54) is 0 Å². The number of carbonyl (C=O) groups is 1. The first-order valence-electron chi connectivity index (χ1n) is 9.77. The number of halogens is 2. The normalized spacial score (nSPS) is 33.1. The van der Waals surface area contributed by atoms with Gasteiger partial charge in [-0.1, -0.05) is 12.2 Å². The standard InChI is InChI=1S/C17H15F2N2O9PS/c18-10-1-2-11-8(3-10)6-27-31(26,30-11)28-7-17(19)13(24)12(23)15(29-17)21-4-9(5-22)14(32)20-16(21)25/h1-5,12-13,15,23-24H,6-7H2,(H,20,25,32)/t12-,13+,15-,17-,31?/m1/s1/i7D2. The van der Waals surface area contributed by atoms with Gasteiger partial charge in [-0.3, -0.25) is 23.4 Å². The molecule has 1 unspecified atom stereocenters. The van der Waals surface area contributed by atoms with Crippen molar-refractivity contribution in [2.75, 3.05) is 6.56 Å². The number of hydrogen-bond donors (Lipinski definition) is 3. The highest BCUT2D eigenvalue weighted by atomic mass is 32.1. The number of fused-ring (bicyclic) bond motifs is 1. The third-order valence-corrected chi connectivity index (χ3v) is 6.11. The molecule has 1 aromatic carbocycles. The van der Waals surface area contributed by atoms with E-state index in [1.807, 2.05) is 0 Å². The molecule has 172 valence electrons. The topological polar surface area (TPSA) is 149 Å². The first-order valence-corrected chi connectivity index (χ1v) is 10.6. The third-order valence-electron chi connectivity index (χ3n) is 4.59. The number of hydrogen-bond acceptors (Lipinski definition) is 10. The van der Waals surface area contributed by atoms with Gasteiger partial charge < -0.3 is 19.5 Å². The summed E-state index contributed by atoms with van der Waals surface area (Å²) in [5.41, 5.74) is -1.21. The lowest BCUT2D eigenvalue weighted by Gasteiger charge is -2.28. The van der Waals surface area contributed by atoms with E-state index >= 15 is 4.39 Å². The number of phosphoric acid groups is 1. The van der Waals surface area contributed by atoms with Crippen LogP contribution in [-0.4, -0.2) is 50.7 Å². The van der Waals surface area contributed by atoms with Crippen molar-refractivity contribution in [3.63, 3.8) is 0 Å². The monoisotopic (exact) mass is 494 g/mol. The fourth-order valence-electron chi connectivity index (χ4n) is 2.98. The molecule has 11 nitrogen and oxygen atoms in total. The maximum atomic E-state index is 15.7. The Balaban J connectivity index is 1.64. The zero-order valence-corrected chi connectivity index (χ0v) is 17.3. The summed E-state index contributed by atoms with van der Waals surface area (Å²) in [6, 6.07) is 3.04. The number of nitrogens with one attached hydrogen (secondary N) is 1. The molecule has 1 fully saturated rings. The Kier molecular flexibility index (Phi) is 5.22. The lowest BCUT2D eigenvalue weighted by Crippen LogP contribution is -2.43. The average Bonchev–Trinajstić information content (AvgIpc) is 2.99. The Morgan fingerprint density at radius 2 is 2.25 bits per heavy atom. The molecule has 0 radical (unpaired) electrons. The molecule has 3 heterocycles. The van der Waals surface area contributed by atoms with Crippen LogP contribution in [0.3, 0.4) is 0 Å². The predicted molar refractivity (Wildman–Crippen MR) is 103 cm³/mol. The lowest BCUT2D eigenvalue weighted by molar-refractivity contribution is -0.205. The van der Waals surface area contributed by atoms with Crippen LogP contribution in [-0.2, 0) is 25.0 Å². The van der Waals surface area contributed by atoms with Crippen LogP contribution in [0.1, 0.15) is 24.9 Å². The number of aliphatic hydroxyl groups excluding tert-OH is 2. The SMILES string of the molecule is [2H]C([2H])(OP1(=O)OCc2cc(F)ccc2O1)[C@@]1(F)O[C@@H](n2cc(C=O)c(=S)[nH]c2=O)[C@H](O)[C@@H]1O. The molecule has 1 saturated heterocycles. The van der Waals surface area contributed by atoms with E-state index in [4.69, 9.17) is 28.7 Å². The summed E-state index contributed by atoms with van der Waals surface area (Å²) in [4.78, 5) is 25.4. The number of benzene rings is 1. The molecule has 0 amide bonds. The average molecular weight is 494 g/mol. The van der Waals surface area contributed by atoms with E-state index in [1.54, 1.807) is 0 Å². The van der Waals surface area contributed by atoms with E-state index < -0.39 is 56.8 Å². The van der Waals surface area contributed by atoms with Crippen LogP contribution in [0.2, 0.25) is 0 Å². The van der Waals surface area contributed by atoms with Crippen molar-refractivity contribution in [1.82, 2.24) is 9.55 Å². The van der Waals surface area contributed by atoms with Crippen LogP contribution in [0, 0.1) is 10.5 Å². The Labute approximate surface area is 185 Å². The molecule has 2 aliphatic heterocycles. The van der Waals surface area contributed by atoms with Gasteiger partial charge in [0.25, 0.3) is 5.85 Å². The van der Waals surface area contributed by atoms with Crippen LogP contribution in [0.15, 0.2) is 29.2 Å². The number of alkyl halides is 1. The maximum absolute atomic E-state index is 15.7. The molecule has 0 aliphatic carbocycles. The number of aliphatic hydroxyl groups is 2. The summed E-state index contributed by atoms with van der Waals surface area (Å²) in [6.45, 7) is -4.34. The van der Waals surface area contributed by atoms with E-state index in [9.17, 15) is 28.8 Å². The molecule has 4 rings (SSSR count). The van der Waals surface area contributed by atoms with Crippen molar-refractivity contribution in [2.45, 2.75) is 30.9 Å². The first-order chi connectivity index (χ1) is 15.8. The number of carbonyl (C=O) groups excluding carboxylic acids is 1. The minimum Gasteiger partial charge on any atom is -0.404 e. The predicted octanol–water partition coefficient (Wildman–Crippen LogP) is 1.51. The molecule has 15 heteroatoms. The first kappa shape index (κ1) is 20.3. The number of ether oxygens (including phenoxy) is 1. The van der Waals surface area contributed by atoms with Crippen molar-refractivity contribution < 1.29 is 49.4 Å². The van der Waals surface area contributed by atoms with Crippen LogP contribution >= 0.6 is 20.0 Å². The second-order valence-corrected chi connectivity index (χ2v) is 8.64. The number of H-pyrrole nitrogens is 1. The smallest absolute Gasteiger partial charge is 0.404 e. The largest absolute Gasteiger partial charge is 0.530 e. The van der Waals surface area contributed by atoms with Crippen molar-refractivity contribution in [2.24, 2.45) is 0 Å². The molecule has 3 N–H and O–H groups in total. The quantitative estimate of drug-likeness (QED) is 0.317. The zero-order valence-electron chi connectivity index (χ0n) is 17.6. The summed E-state index contributed by atoms with van der Waals surface area (Å²) in [5.74, 6) is -4.76. The summed E-state index contributed by atoms with van der Waals surface area (Å²) < 4.78 is 77.3. The Hall–Kier alpha value is -2.32. The molecular formula is C17H15F2N2O9PS. The van der Waals surface area contributed by atoms with E-state index in [0.717, 1.165) is 24.4 Å². The molecule has 0 bridgehead atoms. The second kappa shape index (κ2) is 8.23. The zero-order chi connectivity index (χ0) is 25.1. The summed E-state index contributed by atoms with van der Waals surface area (Å²) in [5, 5.41) is 20.6. The number of aromatic nitrogens is 2. The Bertz CT molecular complexity index is 1320. The number of phosphoric ester groups is 1. The van der Waals surface area contributed by atoms with Crippen LogP contribution in [0.4, 0.5) is 8.78 Å². The number of aromatic amines is 1. The minimum atomic E-state index is -4.89. The summed E-state index contributed by atoms with van der Waals surface area (Å²) in [7, 11) is -4.89. The highest BCUT2D eigenvalue weighted by Gasteiger charge is 2.57. The van der Waals surface area contributed by atoms with Gasteiger partial charge in [-0.05, 0) is 18.2 Å². The maximum Gasteiger partial charge on any atom is 0.530 e. The summed E-state index contributed by atoms with van der Waals surface area (Å²) in [6.07, 6.45) is -5.94. The van der Waals surface area contributed by atoms with Crippen molar-refractivity contribution in [3.05, 3.63) is 56.5 Å². The van der Waals surface area contributed by atoms with E-state index in [2.05, 4.69) is 9.51 Å².